The number of carbonyl (C=O) groups is 1. The lowest BCUT2D eigenvalue weighted by atomic mass is 9.95. The van der Waals surface area contributed by atoms with Gasteiger partial charge in [0, 0.05) is 16.3 Å². The molecule has 0 unspecified atom stereocenters. The number of aromatic nitrogens is 3. The number of anilines is 1. The number of ether oxygens (including phenoxy) is 1. The second-order valence-electron chi connectivity index (χ2n) is 4.95. The smallest absolute Gasteiger partial charge is 0.338 e. The lowest BCUT2D eigenvalue weighted by Crippen LogP contribution is -2.30. The fourth-order valence-electron chi connectivity index (χ4n) is 2.60. The SMILES string of the molecule is CCOC(=O)C1=C(C)Nc2ncnn2[C@@H]1c1c(F)cccc1Cl. The molecule has 23 heavy (non-hydrogen) atoms. The number of hydrogen-bond donors (Lipinski definition) is 1. The highest BCUT2D eigenvalue weighted by molar-refractivity contribution is 6.31. The largest absolute Gasteiger partial charge is 0.463 e. The number of fused-ring (bicyclic) bond motifs is 1. The topological polar surface area (TPSA) is 69.0 Å². The van der Waals surface area contributed by atoms with E-state index in [1.165, 1.54) is 23.1 Å². The molecular weight excluding hydrogens is 323 g/mol. The van der Waals surface area contributed by atoms with Crippen LogP contribution in [0.4, 0.5) is 10.3 Å². The summed E-state index contributed by atoms with van der Waals surface area (Å²) in [6.45, 7) is 3.61. The van der Waals surface area contributed by atoms with Crippen molar-refractivity contribution in [2.45, 2.75) is 19.9 Å². The van der Waals surface area contributed by atoms with Crippen LogP contribution in [0.15, 0.2) is 35.8 Å². The zero-order valence-corrected chi connectivity index (χ0v) is 13.3. The molecule has 2 aromatic rings. The van der Waals surface area contributed by atoms with E-state index in [0.29, 0.717) is 11.6 Å². The summed E-state index contributed by atoms with van der Waals surface area (Å²) < 4.78 is 21.0. The third-order valence-corrected chi connectivity index (χ3v) is 3.89. The molecule has 1 aromatic carbocycles. The van der Waals surface area contributed by atoms with E-state index < -0.39 is 17.8 Å². The average Bonchev–Trinajstić information content (AvgIpc) is 2.94. The van der Waals surface area contributed by atoms with E-state index >= 15 is 0 Å². The first kappa shape index (κ1) is 15.5. The van der Waals surface area contributed by atoms with E-state index in [0.717, 1.165) is 0 Å². The zero-order valence-electron chi connectivity index (χ0n) is 12.5. The monoisotopic (exact) mass is 336 g/mol. The minimum absolute atomic E-state index is 0.157. The minimum Gasteiger partial charge on any atom is -0.463 e. The second kappa shape index (κ2) is 6.00. The van der Waals surface area contributed by atoms with Gasteiger partial charge in [-0.2, -0.15) is 10.1 Å². The molecule has 1 N–H and O–H groups in total. The van der Waals surface area contributed by atoms with Crippen molar-refractivity contribution in [3.05, 3.63) is 52.2 Å². The summed E-state index contributed by atoms with van der Waals surface area (Å²) in [5, 5.41) is 7.27. The van der Waals surface area contributed by atoms with E-state index in [2.05, 4.69) is 15.4 Å². The van der Waals surface area contributed by atoms with Crippen molar-refractivity contribution >= 4 is 23.5 Å². The van der Waals surface area contributed by atoms with Crippen LogP contribution in [-0.4, -0.2) is 27.3 Å². The van der Waals surface area contributed by atoms with E-state index in [1.807, 2.05) is 0 Å². The van der Waals surface area contributed by atoms with Crippen molar-refractivity contribution in [1.82, 2.24) is 14.8 Å². The summed E-state index contributed by atoms with van der Waals surface area (Å²) in [5.41, 5.74) is 0.926. The van der Waals surface area contributed by atoms with E-state index in [4.69, 9.17) is 16.3 Å². The van der Waals surface area contributed by atoms with Crippen molar-refractivity contribution in [1.29, 1.82) is 0 Å². The number of nitrogens with zero attached hydrogens (tertiary/aromatic N) is 3. The Hall–Kier alpha value is -2.41. The maximum atomic E-state index is 14.4. The Morgan fingerprint density at radius 2 is 2.30 bits per heavy atom. The summed E-state index contributed by atoms with van der Waals surface area (Å²) in [6.07, 6.45) is 1.32. The van der Waals surface area contributed by atoms with Gasteiger partial charge in [-0.25, -0.2) is 13.9 Å². The number of esters is 1. The molecule has 0 fully saturated rings. The minimum atomic E-state index is -0.846. The highest BCUT2D eigenvalue weighted by Crippen LogP contribution is 2.39. The van der Waals surface area contributed by atoms with Crippen LogP contribution < -0.4 is 5.32 Å². The molecule has 8 heteroatoms. The van der Waals surface area contributed by atoms with Gasteiger partial charge in [-0.05, 0) is 26.0 Å². The summed E-state index contributed by atoms with van der Waals surface area (Å²) in [7, 11) is 0. The number of hydrogen-bond acceptors (Lipinski definition) is 5. The third kappa shape index (κ3) is 2.57. The third-order valence-electron chi connectivity index (χ3n) is 3.56. The first-order chi connectivity index (χ1) is 11.0. The summed E-state index contributed by atoms with van der Waals surface area (Å²) in [4.78, 5) is 16.5. The van der Waals surface area contributed by atoms with E-state index in [1.54, 1.807) is 19.9 Å². The van der Waals surface area contributed by atoms with Gasteiger partial charge < -0.3 is 10.1 Å². The predicted molar refractivity (Wildman–Crippen MR) is 82.5 cm³/mol. The van der Waals surface area contributed by atoms with E-state index in [-0.39, 0.29) is 22.8 Å². The molecule has 3 rings (SSSR count). The Labute approximate surface area is 136 Å². The summed E-state index contributed by atoms with van der Waals surface area (Å²) in [6, 6.07) is 3.52. The van der Waals surface area contributed by atoms with Crippen LogP contribution in [0.3, 0.4) is 0 Å². The molecule has 1 aromatic heterocycles. The van der Waals surface area contributed by atoms with Crippen molar-refractivity contribution in [3.63, 3.8) is 0 Å². The van der Waals surface area contributed by atoms with Crippen LogP contribution >= 0.6 is 11.6 Å². The number of allylic oxidation sites excluding steroid dienone is 1. The van der Waals surface area contributed by atoms with Crippen LogP contribution in [0.2, 0.25) is 5.02 Å². The molecule has 0 saturated carbocycles. The fourth-order valence-corrected chi connectivity index (χ4v) is 2.87. The molecule has 0 spiro atoms. The van der Waals surface area contributed by atoms with Crippen LogP contribution in [0.25, 0.3) is 0 Å². The van der Waals surface area contributed by atoms with E-state index in [9.17, 15) is 9.18 Å². The van der Waals surface area contributed by atoms with Gasteiger partial charge in [0.05, 0.1) is 12.2 Å². The number of rotatable bonds is 3. The summed E-state index contributed by atoms with van der Waals surface area (Å²) >= 11 is 6.19. The molecule has 0 aliphatic carbocycles. The van der Waals surface area contributed by atoms with Gasteiger partial charge >= 0.3 is 5.97 Å². The first-order valence-corrected chi connectivity index (χ1v) is 7.40. The van der Waals surface area contributed by atoms with Gasteiger partial charge in [-0.15, -0.1) is 0 Å². The van der Waals surface area contributed by atoms with Crippen LogP contribution in [0.5, 0.6) is 0 Å². The lowest BCUT2D eigenvalue weighted by Gasteiger charge is -2.28. The number of nitrogens with one attached hydrogen (secondary N) is 1. The maximum absolute atomic E-state index is 14.4. The first-order valence-electron chi connectivity index (χ1n) is 7.03. The van der Waals surface area contributed by atoms with Crippen LogP contribution in [0, 0.1) is 5.82 Å². The highest BCUT2D eigenvalue weighted by Gasteiger charge is 2.36. The van der Waals surface area contributed by atoms with Gasteiger partial charge in [-0.3, -0.25) is 0 Å². The van der Waals surface area contributed by atoms with Gasteiger partial charge in [0.15, 0.2) is 0 Å². The fraction of sp³-hybridized carbons (Fsp3) is 0.267. The van der Waals surface area contributed by atoms with Gasteiger partial charge in [-0.1, -0.05) is 17.7 Å². The van der Waals surface area contributed by atoms with Crippen LogP contribution in [-0.2, 0) is 9.53 Å². The Bertz CT molecular complexity index is 782. The van der Waals surface area contributed by atoms with Gasteiger partial charge in [0.2, 0.25) is 5.95 Å². The molecule has 6 nitrogen and oxygen atoms in total. The normalized spacial score (nSPS) is 16.8. The standard InChI is InChI=1S/C15H14ClFN4O2/c1-3-23-14(22)11-8(2)20-15-18-7-19-21(15)13(11)12-9(16)5-4-6-10(12)17/h4-7,13H,3H2,1-2H3,(H,18,19,20)/t13-/m0/s1. The zero-order chi connectivity index (χ0) is 16.6. The predicted octanol–water partition coefficient (Wildman–Crippen LogP) is 2.92. The second-order valence-corrected chi connectivity index (χ2v) is 5.36. The maximum Gasteiger partial charge on any atom is 0.338 e. The molecule has 2 heterocycles. The van der Waals surface area contributed by atoms with Crippen molar-refractivity contribution in [2.75, 3.05) is 11.9 Å². The van der Waals surface area contributed by atoms with Crippen molar-refractivity contribution in [3.8, 4) is 0 Å². The average molecular weight is 337 g/mol. The van der Waals surface area contributed by atoms with Crippen LogP contribution in [0.1, 0.15) is 25.5 Å². The quantitative estimate of drug-likeness (QED) is 0.873. The molecule has 0 saturated heterocycles. The molecular formula is C15H14ClFN4O2. The molecule has 1 aliphatic heterocycles. The van der Waals surface area contributed by atoms with Gasteiger partial charge in [0.25, 0.3) is 0 Å². The number of carbonyl (C=O) groups excluding carboxylic acids is 1. The molecule has 120 valence electrons. The van der Waals surface area contributed by atoms with Gasteiger partial charge in [0.1, 0.15) is 18.2 Å². The Kier molecular flexibility index (Phi) is 4.04. The summed E-state index contributed by atoms with van der Waals surface area (Å²) in [5.74, 6) is -0.678. The number of benzene rings is 1. The highest BCUT2D eigenvalue weighted by atomic mass is 35.5. The molecule has 0 amide bonds. The molecule has 0 radical (unpaired) electrons. The molecule has 0 bridgehead atoms. The van der Waals surface area contributed by atoms with Crippen molar-refractivity contribution < 1.29 is 13.9 Å². The molecule has 1 atom stereocenters. The van der Waals surface area contributed by atoms with Crippen molar-refractivity contribution in [2.24, 2.45) is 0 Å². The molecule has 1 aliphatic rings. The lowest BCUT2D eigenvalue weighted by molar-refractivity contribution is -0.139. The Balaban J connectivity index is 2.23. The Morgan fingerprint density at radius 1 is 1.52 bits per heavy atom. The number of halogens is 2. The Morgan fingerprint density at radius 3 is 3.00 bits per heavy atom.